The first kappa shape index (κ1) is 31.6. The van der Waals surface area contributed by atoms with Gasteiger partial charge in [0.1, 0.15) is 17.2 Å². The highest BCUT2D eigenvalue weighted by Crippen LogP contribution is 2.34. The number of amides is 1. The number of nitrogens with one attached hydrogen (secondary N) is 2. The lowest BCUT2D eigenvalue weighted by molar-refractivity contribution is -0.124. The third-order valence-electron chi connectivity index (χ3n) is 6.54. The van der Waals surface area contributed by atoms with E-state index in [4.69, 9.17) is 10.5 Å². The molecule has 39 heavy (non-hydrogen) atoms. The van der Waals surface area contributed by atoms with Crippen LogP contribution in [0.1, 0.15) is 46.1 Å². The standard InChI is InChI=1S/C15H14N2O.C14H24FN3O.C2H6/c1-10-7-12-13(9-17-15(12)16-8-10)11-5-3-4-6-14(11)18-2;1-3-18(4-2)10-9-17-14(19)11-7-5-6-8-12(15)13(11)16;1-2/h3-9H,1-2H3,(H,16,17);6,8,11H,3-5,7,9-10,16H2,1-2H3,(H,17,19);1-2H3. The van der Waals surface area contributed by atoms with E-state index < -0.39 is 11.7 Å². The summed E-state index contributed by atoms with van der Waals surface area (Å²) in [7, 11) is 1.69. The third kappa shape index (κ3) is 8.68. The van der Waals surface area contributed by atoms with E-state index in [2.05, 4.69) is 46.2 Å². The quantitative estimate of drug-likeness (QED) is 0.322. The number of hydrogen-bond donors (Lipinski definition) is 3. The van der Waals surface area contributed by atoms with Gasteiger partial charge in [-0.3, -0.25) is 4.79 Å². The monoisotopic (exact) mass is 537 g/mol. The summed E-state index contributed by atoms with van der Waals surface area (Å²) in [6.07, 6.45) is 8.14. The number of pyridine rings is 1. The zero-order valence-electron chi connectivity index (χ0n) is 24.2. The molecule has 4 N–H and O–H groups in total. The molecule has 1 aromatic carbocycles. The fourth-order valence-electron chi connectivity index (χ4n) is 4.34. The molecule has 212 valence electrons. The summed E-state index contributed by atoms with van der Waals surface area (Å²) in [5.41, 5.74) is 10.0. The van der Waals surface area contributed by atoms with E-state index in [1.165, 1.54) is 6.08 Å². The number of hydrogen-bond acceptors (Lipinski definition) is 5. The zero-order chi connectivity index (χ0) is 28.8. The number of H-pyrrole nitrogens is 1. The van der Waals surface area contributed by atoms with Crippen molar-refractivity contribution in [1.82, 2.24) is 20.2 Å². The molecule has 7 nitrogen and oxygen atoms in total. The molecule has 1 aliphatic carbocycles. The van der Waals surface area contributed by atoms with Gasteiger partial charge in [0, 0.05) is 42.0 Å². The lowest BCUT2D eigenvalue weighted by Crippen LogP contribution is -2.39. The Kier molecular flexibility index (Phi) is 13.2. The Morgan fingerprint density at radius 1 is 1.23 bits per heavy atom. The average Bonchev–Trinajstić information content (AvgIpc) is 3.30. The number of nitrogens with zero attached hydrogens (tertiary/aromatic N) is 2. The number of aromatic nitrogens is 2. The molecule has 1 aliphatic rings. The molecular weight excluding hydrogens is 493 g/mol. The number of carbonyl (C=O) groups is 1. The molecule has 1 amide bonds. The van der Waals surface area contributed by atoms with Gasteiger partial charge in [-0.05, 0) is 56.6 Å². The van der Waals surface area contributed by atoms with Crippen molar-refractivity contribution in [2.45, 2.75) is 47.5 Å². The van der Waals surface area contributed by atoms with Gasteiger partial charge in [0.2, 0.25) is 5.91 Å². The van der Waals surface area contributed by atoms with E-state index in [0.29, 0.717) is 19.4 Å². The van der Waals surface area contributed by atoms with Gasteiger partial charge in [0.05, 0.1) is 18.7 Å². The van der Waals surface area contributed by atoms with Gasteiger partial charge in [0.25, 0.3) is 0 Å². The minimum atomic E-state index is -0.549. The number of rotatable bonds is 8. The van der Waals surface area contributed by atoms with Gasteiger partial charge in [-0.2, -0.15) is 0 Å². The maximum Gasteiger partial charge on any atom is 0.229 e. The molecular formula is C31H44FN5O2. The summed E-state index contributed by atoms with van der Waals surface area (Å²) in [5, 5.41) is 3.97. The van der Waals surface area contributed by atoms with Gasteiger partial charge >= 0.3 is 0 Å². The molecule has 0 radical (unpaired) electrons. The molecule has 3 aromatic rings. The molecule has 2 aromatic heterocycles. The summed E-state index contributed by atoms with van der Waals surface area (Å²) in [6.45, 7) is 13.5. The lowest BCUT2D eigenvalue weighted by Gasteiger charge is -2.20. The second kappa shape index (κ2) is 16.3. The van der Waals surface area contributed by atoms with Crippen LogP contribution in [0.5, 0.6) is 5.75 Å². The first-order valence-electron chi connectivity index (χ1n) is 13.8. The van der Waals surface area contributed by atoms with Gasteiger partial charge in [0.15, 0.2) is 0 Å². The average molecular weight is 538 g/mol. The fraction of sp³-hybridized carbons (Fsp3) is 0.419. The highest BCUT2D eigenvalue weighted by molar-refractivity contribution is 5.95. The number of methoxy groups -OCH3 is 1. The van der Waals surface area contributed by atoms with Gasteiger partial charge in [-0.1, -0.05) is 52.0 Å². The van der Waals surface area contributed by atoms with Crippen LogP contribution in [0.15, 0.2) is 66.4 Å². The van der Waals surface area contributed by atoms with Crippen LogP contribution in [0.2, 0.25) is 0 Å². The number of fused-ring (bicyclic) bond motifs is 1. The molecule has 1 unspecified atom stereocenters. The Balaban J connectivity index is 0.000000257. The summed E-state index contributed by atoms with van der Waals surface area (Å²) in [6, 6.07) is 10.2. The zero-order valence-corrected chi connectivity index (χ0v) is 24.2. The van der Waals surface area contributed by atoms with Crippen LogP contribution in [0.25, 0.3) is 22.2 Å². The highest BCUT2D eigenvalue weighted by Gasteiger charge is 2.24. The van der Waals surface area contributed by atoms with Crippen molar-refractivity contribution in [3.63, 3.8) is 0 Å². The lowest BCUT2D eigenvalue weighted by atomic mass is 9.99. The molecule has 0 saturated heterocycles. The highest BCUT2D eigenvalue weighted by atomic mass is 19.1. The molecule has 0 fully saturated rings. The van der Waals surface area contributed by atoms with E-state index in [9.17, 15) is 9.18 Å². The first-order chi connectivity index (χ1) is 18.9. The van der Waals surface area contributed by atoms with Crippen LogP contribution in [0.3, 0.4) is 0 Å². The molecule has 1 atom stereocenters. The van der Waals surface area contributed by atoms with E-state index in [0.717, 1.165) is 53.1 Å². The van der Waals surface area contributed by atoms with Crippen LogP contribution in [0.4, 0.5) is 4.39 Å². The number of halogens is 1. The number of carbonyl (C=O) groups excluding carboxylic acids is 1. The number of nitrogens with two attached hydrogens (primary N) is 1. The summed E-state index contributed by atoms with van der Waals surface area (Å²) in [4.78, 5) is 21.8. The predicted octanol–water partition coefficient (Wildman–Crippen LogP) is 6.12. The summed E-state index contributed by atoms with van der Waals surface area (Å²) in [5.74, 6) is -0.337. The Morgan fingerprint density at radius 2 is 1.95 bits per heavy atom. The van der Waals surface area contributed by atoms with Crippen molar-refractivity contribution in [2.24, 2.45) is 11.7 Å². The number of benzene rings is 1. The Bertz CT molecular complexity index is 1250. The number of aromatic amines is 1. The molecule has 0 bridgehead atoms. The molecule has 0 spiro atoms. The van der Waals surface area contributed by atoms with Crippen LogP contribution >= 0.6 is 0 Å². The molecule has 4 rings (SSSR count). The van der Waals surface area contributed by atoms with Crippen LogP contribution in [0, 0.1) is 12.8 Å². The maximum atomic E-state index is 13.5. The van der Waals surface area contributed by atoms with Crippen LogP contribution < -0.4 is 15.8 Å². The van der Waals surface area contributed by atoms with Crippen molar-refractivity contribution in [1.29, 1.82) is 0 Å². The SMILES string of the molecule is CC.CCN(CC)CCNC(=O)C1CCC=CC(F)=C1N.COc1ccccc1-c1c[nH]c2ncc(C)cc12. The number of allylic oxidation sites excluding steroid dienone is 3. The number of likely N-dealkylation sites (N-methyl/N-ethyl adjacent to an activating group) is 1. The second-order valence-corrected chi connectivity index (χ2v) is 8.96. The number of aryl methyl sites for hydroxylation is 1. The Labute approximate surface area is 232 Å². The number of para-hydroxylation sites is 1. The van der Waals surface area contributed by atoms with Gasteiger partial charge in [-0.15, -0.1) is 0 Å². The third-order valence-corrected chi connectivity index (χ3v) is 6.54. The van der Waals surface area contributed by atoms with Gasteiger partial charge in [-0.25, -0.2) is 9.37 Å². The largest absolute Gasteiger partial charge is 0.496 e. The summed E-state index contributed by atoms with van der Waals surface area (Å²) < 4.78 is 18.9. The van der Waals surface area contributed by atoms with E-state index in [1.807, 2.05) is 51.4 Å². The maximum absolute atomic E-state index is 13.5. The Morgan fingerprint density at radius 3 is 2.64 bits per heavy atom. The van der Waals surface area contributed by atoms with Crippen LogP contribution in [-0.4, -0.2) is 54.1 Å². The van der Waals surface area contributed by atoms with Crippen molar-refractivity contribution < 1.29 is 13.9 Å². The second-order valence-electron chi connectivity index (χ2n) is 8.96. The topological polar surface area (TPSA) is 96.3 Å². The minimum Gasteiger partial charge on any atom is -0.496 e. The smallest absolute Gasteiger partial charge is 0.229 e. The fourth-order valence-corrected chi connectivity index (χ4v) is 4.34. The number of ether oxygens (including phenoxy) is 1. The van der Waals surface area contributed by atoms with E-state index >= 15 is 0 Å². The minimum absolute atomic E-state index is 0.0501. The first-order valence-corrected chi connectivity index (χ1v) is 13.8. The molecule has 8 heteroatoms. The van der Waals surface area contributed by atoms with Crippen LogP contribution in [-0.2, 0) is 4.79 Å². The molecule has 0 saturated carbocycles. The van der Waals surface area contributed by atoms with Crippen molar-refractivity contribution in [3.8, 4) is 16.9 Å². The molecule has 2 heterocycles. The van der Waals surface area contributed by atoms with Crippen molar-refractivity contribution >= 4 is 16.9 Å². The van der Waals surface area contributed by atoms with E-state index in [-0.39, 0.29) is 11.6 Å². The predicted molar refractivity (Wildman–Crippen MR) is 159 cm³/mol. The normalized spacial score (nSPS) is 14.7. The molecule has 0 aliphatic heterocycles. The van der Waals surface area contributed by atoms with Crippen molar-refractivity contribution in [2.75, 3.05) is 33.3 Å². The van der Waals surface area contributed by atoms with Crippen molar-refractivity contribution in [3.05, 3.63) is 72.0 Å². The summed E-state index contributed by atoms with van der Waals surface area (Å²) >= 11 is 0. The van der Waals surface area contributed by atoms with E-state index in [1.54, 1.807) is 13.2 Å². The Hall–Kier alpha value is -3.65. The van der Waals surface area contributed by atoms with Gasteiger partial charge < -0.3 is 25.7 Å².